The van der Waals surface area contributed by atoms with Gasteiger partial charge in [-0.2, -0.15) is 0 Å². The van der Waals surface area contributed by atoms with Crippen LogP contribution in [0.15, 0.2) is 15.6 Å². The lowest BCUT2D eigenvalue weighted by atomic mass is 10.1. The number of aliphatic imine (C=N–C) groups is 1. The van der Waals surface area contributed by atoms with Crippen molar-refractivity contribution in [3.05, 3.63) is 17.5 Å². The van der Waals surface area contributed by atoms with E-state index in [1.165, 1.54) is 0 Å². The summed E-state index contributed by atoms with van der Waals surface area (Å²) >= 11 is 0. The zero-order chi connectivity index (χ0) is 15.7. The van der Waals surface area contributed by atoms with E-state index in [4.69, 9.17) is 4.52 Å². The Bertz CT molecular complexity index is 468. The Balaban J connectivity index is 2.53. The summed E-state index contributed by atoms with van der Waals surface area (Å²) in [6.07, 6.45) is 0. The summed E-state index contributed by atoms with van der Waals surface area (Å²) in [5.41, 5.74) is 0.927. The monoisotopic (exact) mass is 295 g/mol. The average Bonchev–Trinajstić information content (AvgIpc) is 2.91. The smallest absolute Gasteiger partial charge is 0.241 e. The zero-order valence-corrected chi connectivity index (χ0v) is 13.2. The van der Waals surface area contributed by atoms with Crippen LogP contribution >= 0.6 is 0 Å². The van der Waals surface area contributed by atoms with Crippen LogP contribution in [0.2, 0.25) is 0 Å². The lowest BCUT2D eigenvalue weighted by molar-refractivity contribution is -0.119. The molecule has 0 bridgehead atoms. The summed E-state index contributed by atoms with van der Waals surface area (Å²) in [6, 6.07) is 1.92. The first-order valence-corrected chi connectivity index (χ1v) is 7.31. The molecule has 0 aliphatic rings. The molecule has 0 aliphatic carbocycles. The lowest BCUT2D eigenvalue weighted by Crippen LogP contribution is -2.38. The Morgan fingerprint density at radius 3 is 2.57 bits per heavy atom. The van der Waals surface area contributed by atoms with E-state index in [9.17, 15) is 4.79 Å². The van der Waals surface area contributed by atoms with Crippen molar-refractivity contribution in [3.8, 4) is 0 Å². The van der Waals surface area contributed by atoms with Gasteiger partial charge in [-0.3, -0.25) is 4.79 Å². The molecule has 1 rings (SSSR count). The zero-order valence-electron chi connectivity index (χ0n) is 13.2. The number of carbonyl (C=O) groups is 1. The van der Waals surface area contributed by atoms with Crippen molar-refractivity contribution in [2.24, 2.45) is 4.99 Å². The molecule has 118 valence electrons. The van der Waals surface area contributed by atoms with Crippen LogP contribution in [0.1, 0.15) is 45.1 Å². The SMILES string of the molecule is CCNC(=O)CN=C(NCC)NCc1cc(C(C)C)no1. The summed E-state index contributed by atoms with van der Waals surface area (Å²) in [5.74, 6) is 1.55. The van der Waals surface area contributed by atoms with Gasteiger partial charge in [-0.1, -0.05) is 19.0 Å². The summed E-state index contributed by atoms with van der Waals surface area (Å²) in [7, 11) is 0. The molecule has 0 radical (unpaired) electrons. The molecule has 0 saturated heterocycles. The van der Waals surface area contributed by atoms with Crippen molar-refractivity contribution in [2.75, 3.05) is 19.6 Å². The van der Waals surface area contributed by atoms with Crippen molar-refractivity contribution in [1.29, 1.82) is 0 Å². The number of nitrogens with zero attached hydrogens (tertiary/aromatic N) is 2. The number of rotatable bonds is 7. The van der Waals surface area contributed by atoms with Gasteiger partial charge >= 0.3 is 0 Å². The summed E-state index contributed by atoms with van der Waals surface area (Å²) < 4.78 is 5.24. The molecule has 0 fully saturated rings. The van der Waals surface area contributed by atoms with Gasteiger partial charge in [-0.25, -0.2) is 4.99 Å². The number of hydrogen-bond acceptors (Lipinski definition) is 4. The highest BCUT2D eigenvalue weighted by Crippen LogP contribution is 2.13. The third-order valence-corrected chi connectivity index (χ3v) is 2.70. The number of aromatic nitrogens is 1. The van der Waals surface area contributed by atoms with Gasteiger partial charge in [-0.15, -0.1) is 0 Å². The van der Waals surface area contributed by atoms with Crippen LogP contribution in [0.5, 0.6) is 0 Å². The second kappa shape index (κ2) is 8.99. The van der Waals surface area contributed by atoms with Crippen molar-refractivity contribution < 1.29 is 9.32 Å². The van der Waals surface area contributed by atoms with Crippen molar-refractivity contribution in [1.82, 2.24) is 21.1 Å². The predicted molar refractivity (Wildman–Crippen MR) is 82.1 cm³/mol. The van der Waals surface area contributed by atoms with Crippen LogP contribution in [-0.4, -0.2) is 36.7 Å². The molecule has 7 nitrogen and oxygen atoms in total. The molecule has 0 atom stereocenters. The normalized spacial score (nSPS) is 11.6. The minimum Gasteiger partial charge on any atom is -0.359 e. The van der Waals surface area contributed by atoms with Crippen molar-refractivity contribution in [3.63, 3.8) is 0 Å². The van der Waals surface area contributed by atoms with Gasteiger partial charge in [0.25, 0.3) is 0 Å². The first kappa shape index (κ1) is 17.0. The van der Waals surface area contributed by atoms with E-state index in [1.807, 2.05) is 19.9 Å². The van der Waals surface area contributed by atoms with E-state index in [1.54, 1.807) is 0 Å². The van der Waals surface area contributed by atoms with Gasteiger partial charge in [-0.05, 0) is 19.8 Å². The molecular weight excluding hydrogens is 270 g/mol. The van der Waals surface area contributed by atoms with E-state index < -0.39 is 0 Å². The number of hydrogen-bond donors (Lipinski definition) is 3. The predicted octanol–water partition coefficient (Wildman–Crippen LogP) is 0.989. The van der Waals surface area contributed by atoms with E-state index in [-0.39, 0.29) is 12.5 Å². The second-order valence-corrected chi connectivity index (χ2v) is 4.88. The molecule has 7 heteroatoms. The Hall–Kier alpha value is -2.05. The minimum atomic E-state index is -0.100. The van der Waals surface area contributed by atoms with Crippen LogP contribution < -0.4 is 16.0 Å². The quantitative estimate of drug-likeness (QED) is 0.515. The van der Waals surface area contributed by atoms with Crippen LogP contribution in [0.4, 0.5) is 0 Å². The maximum Gasteiger partial charge on any atom is 0.241 e. The summed E-state index contributed by atoms with van der Waals surface area (Å²) in [4.78, 5) is 15.6. The molecule has 1 aromatic heterocycles. The average molecular weight is 295 g/mol. The molecule has 0 unspecified atom stereocenters. The molecule has 0 aromatic carbocycles. The maximum absolute atomic E-state index is 11.4. The van der Waals surface area contributed by atoms with Gasteiger partial charge in [0.2, 0.25) is 5.91 Å². The maximum atomic E-state index is 11.4. The first-order valence-electron chi connectivity index (χ1n) is 7.31. The Morgan fingerprint density at radius 1 is 1.29 bits per heavy atom. The number of nitrogens with one attached hydrogen (secondary N) is 3. The molecule has 3 N–H and O–H groups in total. The van der Waals surface area contributed by atoms with E-state index in [2.05, 4.69) is 39.9 Å². The Kier molecular flexibility index (Phi) is 7.28. The largest absolute Gasteiger partial charge is 0.359 e. The third kappa shape index (κ3) is 6.29. The molecule has 0 spiro atoms. The molecule has 21 heavy (non-hydrogen) atoms. The standard InChI is InChI=1S/C14H25N5O2/c1-5-15-13(20)9-18-14(16-6-2)17-8-11-7-12(10(3)4)19-21-11/h7,10H,5-6,8-9H2,1-4H3,(H,15,20)(H2,16,17,18). The molecule has 0 saturated carbocycles. The van der Waals surface area contributed by atoms with Crippen molar-refractivity contribution in [2.45, 2.75) is 40.2 Å². The Morgan fingerprint density at radius 2 is 2.00 bits per heavy atom. The number of guanidine groups is 1. The fourth-order valence-electron chi connectivity index (χ4n) is 1.60. The van der Waals surface area contributed by atoms with E-state index in [0.717, 1.165) is 18.0 Å². The van der Waals surface area contributed by atoms with Gasteiger partial charge in [0.1, 0.15) is 6.54 Å². The highest BCUT2D eigenvalue weighted by Gasteiger charge is 2.08. The highest BCUT2D eigenvalue weighted by atomic mass is 16.5. The third-order valence-electron chi connectivity index (χ3n) is 2.70. The molecule has 1 amide bonds. The van der Waals surface area contributed by atoms with E-state index >= 15 is 0 Å². The van der Waals surface area contributed by atoms with Gasteiger partial charge < -0.3 is 20.5 Å². The highest BCUT2D eigenvalue weighted by molar-refractivity contribution is 5.84. The summed E-state index contributed by atoms with van der Waals surface area (Å²) in [6.45, 7) is 9.86. The topological polar surface area (TPSA) is 91.5 Å². The number of likely N-dealkylation sites (N-methyl/N-ethyl adjacent to an activating group) is 1. The van der Waals surface area contributed by atoms with Gasteiger partial charge in [0, 0.05) is 19.2 Å². The lowest BCUT2D eigenvalue weighted by Gasteiger charge is -2.09. The number of amides is 1. The van der Waals surface area contributed by atoms with E-state index in [0.29, 0.717) is 25.0 Å². The summed E-state index contributed by atoms with van der Waals surface area (Å²) in [5, 5.41) is 12.9. The number of carbonyl (C=O) groups excluding carboxylic acids is 1. The van der Waals surface area contributed by atoms with Crippen LogP contribution in [0, 0.1) is 0 Å². The molecule has 1 heterocycles. The fourth-order valence-corrected chi connectivity index (χ4v) is 1.60. The van der Waals surface area contributed by atoms with Crippen LogP contribution in [-0.2, 0) is 11.3 Å². The Labute approximate surface area is 125 Å². The molecule has 1 aromatic rings. The molecular formula is C14H25N5O2. The minimum absolute atomic E-state index is 0.0941. The molecule has 0 aliphatic heterocycles. The van der Waals surface area contributed by atoms with Crippen LogP contribution in [0.3, 0.4) is 0 Å². The first-order chi connectivity index (χ1) is 10.1. The van der Waals surface area contributed by atoms with Crippen molar-refractivity contribution >= 4 is 11.9 Å². The fraction of sp³-hybridized carbons (Fsp3) is 0.643. The second-order valence-electron chi connectivity index (χ2n) is 4.88. The van der Waals surface area contributed by atoms with Crippen LogP contribution in [0.25, 0.3) is 0 Å². The van der Waals surface area contributed by atoms with Gasteiger partial charge in [0.15, 0.2) is 11.7 Å². The van der Waals surface area contributed by atoms with Gasteiger partial charge in [0.05, 0.1) is 12.2 Å².